The van der Waals surface area contributed by atoms with E-state index < -0.39 is 102 Å². The van der Waals surface area contributed by atoms with Crippen LogP contribution in [0.25, 0.3) is 0 Å². The Balaban J connectivity index is 1.45. The number of aliphatic hydroxyl groups excluding tert-OH is 1. The monoisotopic (exact) mass is 993 g/mol. The van der Waals surface area contributed by atoms with Crippen LogP contribution in [-0.2, 0) is 53.8 Å². The molecule has 0 aromatic heterocycles. The van der Waals surface area contributed by atoms with E-state index >= 15 is 0 Å². The van der Waals surface area contributed by atoms with Gasteiger partial charge in [0.25, 0.3) is 0 Å². The Morgan fingerprint density at radius 1 is 0.986 bits per heavy atom. The van der Waals surface area contributed by atoms with Crippen molar-refractivity contribution in [2.45, 2.75) is 211 Å². The summed E-state index contributed by atoms with van der Waals surface area (Å²) in [5.74, 6) is -2.50. The molecular formula is C51H84N4O15. The van der Waals surface area contributed by atoms with Crippen molar-refractivity contribution >= 4 is 23.9 Å². The molecule has 70 heavy (non-hydrogen) atoms. The number of amides is 1. The molecule has 1 unspecified atom stereocenters. The SMILES string of the molecule is CC[C@H]1OC(=O)[C@H](C)[C@@H](O[C@H]2C[C@@](C)(OC)C(OC(=O)N/N=C(\C)CCCc3ccc(O)cc3)[C@H](C)O2)[C@H](C)[C@@H](O[C@@H]2O[C@H](C)C[C@H](N(C)C)[C@H]2O)[C@](C)(O)C[C@@H](C)CN(C)[C@H](C)[C@H]2OC(=O)O[C@@]21C. The van der Waals surface area contributed by atoms with Crippen molar-refractivity contribution in [3.05, 3.63) is 29.8 Å². The van der Waals surface area contributed by atoms with Crippen molar-refractivity contribution in [2.24, 2.45) is 22.9 Å². The zero-order chi connectivity index (χ0) is 52.0. The molecule has 0 saturated carbocycles. The van der Waals surface area contributed by atoms with E-state index in [0.717, 1.165) is 18.4 Å². The molecule has 4 N–H and O–H groups in total. The molecule has 4 aliphatic heterocycles. The predicted molar refractivity (Wildman–Crippen MR) is 259 cm³/mol. The zero-order valence-corrected chi connectivity index (χ0v) is 44.2. The lowest BCUT2D eigenvalue weighted by molar-refractivity contribution is -0.317. The summed E-state index contributed by atoms with van der Waals surface area (Å²) in [6.45, 7) is 20.4. The van der Waals surface area contributed by atoms with Gasteiger partial charge in [-0.25, -0.2) is 15.0 Å². The number of aliphatic hydroxyl groups is 2. The quantitative estimate of drug-likeness (QED) is 0.0779. The van der Waals surface area contributed by atoms with Gasteiger partial charge in [0.2, 0.25) is 0 Å². The normalized spacial score (nSPS) is 40.5. The lowest BCUT2D eigenvalue weighted by atomic mass is 9.77. The molecule has 1 aromatic rings. The standard InChI is InChI=1S/C51H84N4O15/c1-16-38-51(11)43(69-48(60)70-51)33(7)55(14)27-28(2)25-49(9,61)42(67-46-40(57)37(54(12)13)24-30(4)63-46)31(5)41(32(6)45(58)65-38)66-39-26-50(10,62-15)44(34(8)64-39)68-47(59)53-52-29(3)18-17-19-35-20-22-36(56)23-21-35/h20-23,28,30-34,37-44,46,56-57,61H,16-19,24-27H2,1-15H3,(H,53,59)/b52-29+/t28-,30-,31+,32-,33-,34+,37+,38-,39+,40-,41+,42-,43-,44?,46+,49-,50-,51-/m1/s1. The molecule has 4 fully saturated rings. The van der Waals surface area contributed by atoms with Gasteiger partial charge in [0.1, 0.15) is 23.6 Å². The van der Waals surface area contributed by atoms with E-state index in [9.17, 15) is 29.7 Å². The van der Waals surface area contributed by atoms with Crippen LogP contribution in [0.3, 0.4) is 0 Å². The van der Waals surface area contributed by atoms with E-state index in [-0.39, 0.29) is 49.1 Å². The molecule has 0 aliphatic carbocycles. The van der Waals surface area contributed by atoms with Gasteiger partial charge in [-0.1, -0.05) is 32.9 Å². The first-order valence-corrected chi connectivity index (χ1v) is 25.0. The van der Waals surface area contributed by atoms with Crippen LogP contribution in [0, 0.1) is 17.8 Å². The zero-order valence-electron chi connectivity index (χ0n) is 44.2. The molecule has 1 aromatic carbocycles. The second kappa shape index (κ2) is 23.9. The van der Waals surface area contributed by atoms with Crippen LogP contribution in [0.4, 0.5) is 9.59 Å². The van der Waals surface area contributed by atoms with Crippen LogP contribution >= 0.6 is 0 Å². The molecule has 1 amide bonds. The molecule has 0 bridgehead atoms. The minimum Gasteiger partial charge on any atom is -0.508 e. The van der Waals surface area contributed by atoms with Gasteiger partial charge in [-0.15, -0.1) is 0 Å². The molecule has 0 radical (unpaired) electrons. The fraction of sp³-hybridized carbons (Fsp3) is 0.804. The summed E-state index contributed by atoms with van der Waals surface area (Å²) < 4.78 is 56.6. The average molecular weight is 993 g/mol. The number of hydrogen-bond donors (Lipinski definition) is 4. The van der Waals surface area contributed by atoms with Gasteiger partial charge < -0.3 is 62.9 Å². The topological polar surface area (TPSA) is 226 Å². The number of hydrazone groups is 1. The number of rotatable bonds is 13. The number of cyclic esters (lactones) is 1. The highest BCUT2D eigenvalue weighted by atomic mass is 16.8. The summed E-state index contributed by atoms with van der Waals surface area (Å²) >= 11 is 0. The molecule has 4 heterocycles. The lowest BCUT2D eigenvalue weighted by Gasteiger charge is -2.49. The van der Waals surface area contributed by atoms with Crippen molar-refractivity contribution in [1.29, 1.82) is 0 Å². The summed E-state index contributed by atoms with van der Waals surface area (Å²) in [5, 5.41) is 38.4. The maximum atomic E-state index is 14.7. The number of benzene rings is 1. The highest BCUT2D eigenvalue weighted by molar-refractivity contribution is 5.83. The number of aryl methyl sites for hydroxylation is 1. The lowest BCUT2D eigenvalue weighted by Crippen LogP contribution is -2.61. The summed E-state index contributed by atoms with van der Waals surface area (Å²) in [7, 11) is 7.17. The number of nitrogens with zero attached hydrogens (tertiary/aromatic N) is 3. The van der Waals surface area contributed by atoms with Gasteiger partial charge in [-0.3, -0.25) is 9.69 Å². The maximum absolute atomic E-state index is 14.7. The largest absolute Gasteiger partial charge is 0.509 e. The Morgan fingerprint density at radius 2 is 1.66 bits per heavy atom. The van der Waals surface area contributed by atoms with Crippen LogP contribution < -0.4 is 5.43 Å². The van der Waals surface area contributed by atoms with Gasteiger partial charge in [-0.05, 0) is 139 Å². The predicted octanol–water partition coefficient (Wildman–Crippen LogP) is 5.92. The number of carbonyl (C=O) groups is 3. The number of hydrogen-bond acceptors (Lipinski definition) is 18. The first-order chi connectivity index (χ1) is 32.7. The Kier molecular flexibility index (Phi) is 19.6. The molecule has 0 spiro atoms. The van der Waals surface area contributed by atoms with Crippen molar-refractivity contribution in [2.75, 3.05) is 34.8 Å². The number of ether oxygens (including phenoxy) is 9. The third kappa shape index (κ3) is 13.7. The van der Waals surface area contributed by atoms with Crippen molar-refractivity contribution in [1.82, 2.24) is 15.2 Å². The Labute approximate surface area is 415 Å². The number of phenolic OH excluding ortho intramolecular Hbond substituents is 1. The molecule has 398 valence electrons. The second-order valence-electron chi connectivity index (χ2n) is 21.4. The third-order valence-electron chi connectivity index (χ3n) is 15.1. The minimum atomic E-state index is -1.61. The van der Waals surface area contributed by atoms with E-state index in [2.05, 4.69) is 10.5 Å². The van der Waals surface area contributed by atoms with E-state index in [1.54, 1.807) is 46.8 Å². The van der Waals surface area contributed by atoms with Gasteiger partial charge in [0.05, 0.1) is 35.9 Å². The third-order valence-corrected chi connectivity index (χ3v) is 15.1. The van der Waals surface area contributed by atoms with Crippen molar-refractivity contribution in [3.8, 4) is 5.75 Å². The smallest absolute Gasteiger partial charge is 0.508 e. The number of likely N-dealkylation sites (N-methyl/N-ethyl adjacent to an activating group) is 2. The number of fused-ring (bicyclic) bond motifs is 1. The van der Waals surface area contributed by atoms with Crippen molar-refractivity contribution < 1.29 is 72.3 Å². The number of phenols is 1. The second-order valence-corrected chi connectivity index (χ2v) is 21.4. The maximum Gasteiger partial charge on any atom is 0.509 e. The summed E-state index contributed by atoms with van der Waals surface area (Å²) in [5.41, 5.74) is 0.127. The fourth-order valence-electron chi connectivity index (χ4n) is 11.1. The first-order valence-electron chi connectivity index (χ1n) is 25.0. The van der Waals surface area contributed by atoms with Crippen LogP contribution in [0.5, 0.6) is 5.75 Å². The molecule has 5 rings (SSSR count). The van der Waals surface area contributed by atoms with Gasteiger partial charge >= 0.3 is 18.2 Å². The first kappa shape index (κ1) is 57.2. The van der Waals surface area contributed by atoms with Crippen LogP contribution in [0.2, 0.25) is 0 Å². The molecular weight excluding hydrogens is 909 g/mol. The minimum absolute atomic E-state index is 0.0383. The summed E-state index contributed by atoms with van der Waals surface area (Å²) in [4.78, 5) is 44.9. The Bertz CT molecular complexity index is 1920. The number of carbonyl (C=O) groups excluding carboxylic acids is 3. The molecule has 19 heteroatoms. The number of methoxy groups -OCH3 is 1. The molecule has 19 nitrogen and oxygen atoms in total. The van der Waals surface area contributed by atoms with E-state index in [4.69, 9.17) is 42.6 Å². The average Bonchev–Trinajstić information content (AvgIpc) is 3.60. The molecule has 18 atom stereocenters. The van der Waals surface area contributed by atoms with Crippen LogP contribution in [0.15, 0.2) is 29.4 Å². The van der Waals surface area contributed by atoms with Gasteiger partial charge in [0, 0.05) is 43.8 Å². The van der Waals surface area contributed by atoms with E-state index in [1.165, 1.54) is 7.11 Å². The Morgan fingerprint density at radius 3 is 2.29 bits per heavy atom. The Hall–Kier alpha value is -3.66. The summed E-state index contributed by atoms with van der Waals surface area (Å²) in [6, 6.07) is 6.33. The number of esters is 1. The van der Waals surface area contributed by atoms with Crippen molar-refractivity contribution in [3.63, 3.8) is 0 Å². The van der Waals surface area contributed by atoms with E-state index in [1.807, 2.05) is 84.6 Å². The number of aromatic hydroxyl groups is 1. The van der Waals surface area contributed by atoms with Gasteiger partial charge in [-0.2, -0.15) is 5.10 Å². The van der Waals surface area contributed by atoms with Crippen LogP contribution in [-0.4, -0.2) is 174 Å². The molecule has 4 aliphatic rings. The molecule has 4 saturated heterocycles. The number of nitrogens with one attached hydrogen (secondary N) is 1. The summed E-state index contributed by atoms with van der Waals surface area (Å²) in [6.07, 6.45) is -7.66. The van der Waals surface area contributed by atoms with Crippen LogP contribution in [0.1, 0.15) is 120 Å². The van der Waals surface area contributed by atoms with Gasteiger partial charge in [0.15, 0.2) is 30.4 Å². The fourth-order valence-corrected chi connectivity index (χ4v) is 11.1. The highest BCUT2D eigenvalue weighted by Gasteiger charge is 2.58. The highest BCUT2D eigenvalue weighted by Crippen LogP contribution is 2.42. The van der Waals surface area contributed by atoms with E-state index in [0.29, 0.717) is 25.1 Å².